The lowest BCUT2D eigenvalue weighted by Crippen LogP contribution is -2.50. The van der Waals surface area contributed by atoms with Gasteiger partial charge in [-0.1, -0.05) is 13.0 Å². The number of ether oxygens (including phenoxy) is 1. The summed E-state index contributed by atoms with van der Waals surface area (Å²) in [5.74, 6) is 0.0268. The molecule has 0 aromatic carbocycles. The lowest BCUT2D eigenvalue weighted by atomic mass is 10.1. The number of amides is 2. The molecule has 0 spiro atoms. The number of fused-ring (bicyclic) bond motifs is 1. The Kier molecular flexibility index (Phi) is 5.88. The molecule has 2 aliphatic heterocycles. The van der Waals surface area contributed by atoms with E-state index >= 15 is 0 Å². The molecule has 3 heterocycles. The Hall–Kier alpha value is -1.05. The first-order chi connectivity index (χ1) is 10.2. The van der Waals surface area contributed by atoms with E-state index < -0.39 is 0 Å². The number of Topliss-reactive ketones (excluding diaryl/α,β-unsaturated/α-hetero) is 1. The standard InChI is InChI=1S/C15H20N2O3S.H2S/c1-2-10(8-11-4-3-7-21-11)16-15(19)17-6-5-13-14(17)12(18)9-20-13;/h3-4,7,10,13-14H,2,5-6,8-9H2,1H3,(H,16,19);1H2/t10?,13-,14-;/m1./s1. The Labute approximate surface area is 141 Å². The molecule has 3 rings (SSSR count). The molecule has 22 heavy (non-hydrogen) atoms. The van der Waals surface area contributed by atoms with Crippen LogP contribution in [0.4, 0.5) is 4.79 Å². The maximum Gasteiger partial charge on any atom is 0.318 e. The minimum atomic E-state index is -0.371. The second-order valence-corrected chi connectivity index (χ2v) is 6.61. The summed E-state index contributed by atoms with van der Waals surface area (Å²) < 4.78 is 5.42. The summed E-state index contributed by atoms with van der Waals surface area (Å²) in [6.45, 7) is 2.81. The molecule has 2 aliphatic rings. The first-order valence-corrected chi connectivity index (χ1v) is 8.31. The van der Waals surface area contributed by atoms with Crippen LogP contribution in [0.1, 0.15) is 24.6 Å². The van der Waals surface area contributed by atoms with Gasteiger partial charge in [0.25, 0.3) is 0 Å². The van der Waals surface area contributed by atoms with Crippen LogP contribution in [0.2, 0.25) is 0 Å². The highest BCUT2D eigenvalue weighted by Gasteiger charge is 2.46. The van der Waals surface area contributed by atoms with Crippen LogP contribution < -0.4 is 5.32 Å². The smallest absolute Gasteiger partial charge is 0.318 e. The maximum atomic E-state index is 12.4. The van der Waals surface area contributed by atoms with Crippen LogP contribution >= 0.6 is 24.8 Å². The molecular formula is C15H22N2O3S2. The normalized spacial score (nSPS) is 24.8. The largest absolute Gasteiger partial charge is 0.368 e. The molecule has 1 N–H and O–H groups in total. The van der Waals surface area contributed by atoms with E-state index in [9.17, 15) is 9.59 Å². The number of urea groups is 1. The fourth-order valence-electron chi connectivity index (χ4n) is 3.05. The predicted octanol–water partition coefficient (Wildman–Crippen LogP) is 1.93. The number of rotatable bonds is 4. The van der Waals surface area contributed by atoms with Crippen LogP contribution in [0.25, 0.3) is 0 Å². The van der Waals surface area contributed by atoms with Crippen LogP contribution in [0.3, 0.4) is 0 Å². The number of hydrogen-bond donors (Lipinski definition) is 1. The maximum absolute atomic E-state index is 12.4. The predicted molar refractivity (Wildman–Crippen MR) is 90.9 cm³/mol. The molecule has 1 aromatic heterocycles. The third-order valence-electron chi connectivity index (χ3n) is 4.22. The molecule has 1 unspecified atom stereocenters. The Morgan fingerprint density at radius 1 is 1.59 bits per heavy atom. The SMILES string of the molecule is CCC(Cc1cccs1)NC(=O)N1CC[C@H]2OCC(=O)[C@H]21.S. The average molecular weight is 342 g/mol. The van der Waals surface area contributed by atoms with Gasteiger partial charge in [-0.3, -0.25) is 4.79 Å². The Bertz CT molecular complexity index is 521. The van der Waals surface area contributed by atoms with E-state index in [1.54, 1.807) is 16.2 Å². The van der Waals surface area contributed by atoms with E-state index in [1.165, 1.54) is 4.88 Å². The molecule has 1 aromatic rings. The Morgan fingerprint density at radius 3 is 3.09 bits per heavy atom. The molecular weight excluding hydrogens is 320 g/mol. The third kappa shape index (κ3) is 3.47. The summed E-state index contributed by atoms with van der Waals surface area (Å²) in [7, 11) is 0. The lowest BCUT2D eigenvalue weighted by Gasteiger charge is -2.25. The zero-order valence-corrected chi connectivity index (χ0v) is 14.4. The van der Waals surface area contributed by atoms with Gasteiger partial charge < -0.3 is 15.0 Å². The molecule has 122 valence electrons. The summed E-state index contributed by atoms with van der Waals surface area (Å²) >= 11 is 1.70. The molecule has 7 heteroatoms. The summed E-state index contributed by atoms with van der Waals surface area (Å²) in [4.78, 5) is 27.2. The molecule has 2 saturated heterocycles. The molecule has 2 amide bonds. The van der Waals surface area contributed by atoms with Crippen molar-refractivity contribution in [3.05, 3.63) is 22.4 Å². The first kappa shape index (κ1) is 17.3. The summed E-state index contributed by atoms with van der Waals surface area (Å²) in [6.07, 6.45) is 2.37. The van der Waals surface area contributed by atoms with Gasteiger partial charge in [0.15, 0.2) is 5.78 Å². The van der Waals surface area contributed by atoms with Crippen LogP contribution in [0.5, 0.6) is 0 Å². The Morgan fingerprint density at radius 2 is 2.41 bits per heavy atom. The highest BCUT2D eigenvalue weighted by molar-refractivity contribution is 7.59. The average Bonchev–Trinajstić information content (AvgIpc) is 3.17. The van der Waals surface area contributed by atoms with Crippen molar-refractivity contribution in [1.82, 2.24) is 10.2 Å². The van der Waals surface area contributed by atoms with Crippen LogP contribution in [-0.2, 0) is 16.0 Å². The number of nitrogens with zero attached hydrogens (tertiary/aromatic N) is 1. The number of hydrogen-bond acceptors (Lipinski definition) is 4. The molecule has 0 radical (unpaired) electrons. The van der Waals surface area contributed by atoms with Crippen molar-refractivity contribution in [1.29, 1.82) is 0 Å². The topological polar surface area (TPSA) is 58.6 Å². The summed E-state index contributed by atoms with van der Waals surface area (Å²) in [5.41, 5.74) is 0. The van der Waals surface area contributed by atoms with Crippen molar-refractivity contribution in [2.24, 2.45) is 0 Å². The zero-order chi connectivity index (χ0) is 14.8. The van der Waals surface area contributed by atoms with E-state index in [0.29, 0.717) is 6.54 Å². The molecule has 0 aliphatic carbocycles. The van der Waals surface area contributed by atoms with Crippen molar-refractivity contribution in [2.45, 2.75) is 44.4 Å². The van der Waals surface area contributed by atoms with Gasteiger partial charge in [0.2, 0.25) is 0 Å². The van der Waals surface area contributed by atoms with E-state index in [1.807, 2.05) is 11.4 Å². The summed E-state index contributed by atoms with van der Waals surface area (Å²) in [5, 5.41) is 5.11. The van der Waals surface area contributed by atoms with Gasteiger partial charge in [-0.05, 0) is 24.3 Å². The van der Waals surface area contributed by atoms with E-state index in [2.05, 4.69) is 18.3 Å². The first-order valence-electron chi connectivity index (χ1n) is 7.43. The van der Waals surface area contributed by atoms with Crippen molar-refractivity contribution in [2.75, 3.05) is 13.2 Å². The fraction of sp³-hybridized carbons (Fsp3) is 0.600. The Balaban J connectivity index is 0.00000176. The molecule has 5 nitrogen and oxygen atoms in total. The van der Waals surface area contributed by atoms with Crippen molar-refractivity contribution < 1.29 is 14.3 Å². The molecule has 0 bridgehead atoms. The van der Waals surface area contributed by atoms with Gasteiger partial charge in [-0.25, -0.2) is 4.79 Å². The van der Waals surface area contributed by atoms with E-state index in [-0.39, 0.29) is 50.1 Å². The second-order valence-electron chi connectivity index (χ2n) is 5.58. The van der Waals surface area contributed by atoms with Crippen molar-refractivity contribution >= 4 is 36.6 Å². The molecule has 2 fully saturated rings. The molecule has 3 atom stereocenters. The minimum Gasteiger partial charge on any atom is -0.368 e. The van der Waals surface area contributed by atoms with Crippen LogP contribution in [0, 0.1) is 0 Å². The quantitative estimate of drug-likeness (QED) is 0.910. The zero-order valence-electron chi connectivity index (χ0n) is 12.6. The van der Waals surface area contributed by atoms with E-state index in [0.717, 1.165) is 19.3 Å². The van der Waals surface area contributed by atoms with Crippen molar-refractivity contribution in [3.8, 4) is 0 Å². The van der Waals surface area contributed by atoms with Gasteiger partial charge in [0.1, 0.15) is 12.6 Å². The van der Waals surface area contributed by atoms with Crippen LogP contribution in [-0.4, -0.2) is 48.1 Å². The number of carbonyl (C=O) groups is 2. The lowest BCUT2D eigenvalue weighted by molar-refractivity contribution is -0.120. The monoisotopic (exact) mass is 342 g/mol. The van der Waals surface area contributed by atoms with Crippen LogP contribution in [0.15, 0.2) is 17.5 Å². The molecule has 0 saturated carbocycles. The van der Waals surface area contributed by atoms with E-state index in [4.69, 9.17) is 4.74 Å². The number of carbonyl (C=O) groups excluding carboxylic acids is 2. The third-order valence-corrected chi connectivity index (χ3v) is 5.12. The number of nitrogens with one attached hydrogen (secondary N) is 1. The number of thiophene rings is 1. The fourth-order valence-corrected chi connectivity index (χ4v) is 3.84. The minimum absolute atomic E-state index is 0. The van der Waals surface area contributed by atoms with Gasteiger partial charge in [-0.15, -0.1) is 11.3 Å². The second kappa shape index (κ2) is 7.48. The summed E-state index contributed by atoms with van der Waals surface area (Å²) in [6, 6.07) is 3.70. The highest BCUT2D eigenvalue weighted by atomic mass is 32.1. The number of ketones is 1. The van der Waals surface area contributed by atoms with Gasteiger partial charge >= 0.3 is 6.03 Å². The highest BCUT2D eigenvalue weighted by Crippen LogP contribution is 2.27. The van der Waals surface area contributed by atoms with Gasteiger partial charge in [0.05, 0.1) is 6.10 Å². The van der Waals surface area contributed by atoms with Gasteiger partial charge in [-0.2, -0.15) is 13.5 Å². The number of likely N-dealkylation sites (tertiary alicyclic amines) is 1. The van der Waals surface area contributed by atoms with Crippen molar-refractivity contribution in [3.63, 3.8) is 0 Å². The van der Waals surface area contributed by atoms with Gasteiger partial charge in [0, 0.05) is 23.9 Å².